The minimum atomic E-state index is -1.29. The second-order valence-corrected chi connectivity index (χ2v) is 4.01. The molecule has 1 saturated heterocycles. The van der Waals surface area contributed by atoms with Crippen molar-refractivity contribution in [2.45, 2.75) is 24.5 Å². The molecule has 1 aliphatic heterocycles. The van der Waals surface area contributed by atoms with Crippen LogP contribution in [0.2, 0.25) is 0 Å². The van der Waals surface area contributed by atoms with E-state index in [0.717, 1.165) is 4.68 Å². The molecule has 0 aromatic carbocycles. The van der Waals surface area contributed by atoms with Crippen LogP contribution in [0.5, 0.6) is 0 Å². The number of carbonyl (C=O) groups excluding carboxylic acids is 1. The molecular formula is C9H14N4O5. The molecule has 1 aliphatic rings. The van der Waals surface area contributed by atoms with Crippen LogP contribution in [-0.2, 0) is 4.74 Å². The van der Waals surface area contributed by atoms with Crippen LogP contribution in [0.1, 0.15) is 16.7 Å². The predicted octanol–water partition coefficient (Wildman–Crippen LogP) is -2.82. The highest BCUT2D eigenvalue weighted by molar-refractivity contribution is 5.95. The maximum absolute atomic E-state index is 11.0. The maximum Gasteiger partial charge on any atom is 0.271 e. The van der Waals surface area contributed by atoms with Crippen molar-refractivity contribution in [3.8, 4) is 0 Å². The monoisotopic (exact) mass is 258 g/mol. The number of aromatic nitrogens is 2. The first-order valence-corrected chi connectivity index (χ1v) is 5.22. The van der Waals surface area contributed by atoms with E-state index in [-0.39, 0.29) is 11.4 Å². The fraction of sp³-hybridized carbons (Fsp3) is 0.556. The van der Waals surface area contributed by atoms with E-state index in [2.05, 4.69) is 5.10 Å². The fourth-order valence-electron chi connectivity index (χ4n) is 1.83. The highest BCUT2D eigenvalue weighted by Crippen LogP contribution is 2.29. The van der Waals surface area contributed by atoms with Crippen LogP contribution in [0.4, 0.5) is 5.69 Å². The Morgan fingerprint density at radius 2 is 2.17 bits per heavy atom. The second kappa shape index (κ2) is 4.53. The van der Waals surface area contributed by atoms with Crippen molar-refractivity contribution in [1.29, 1.82) is 0 Å². The van der Waals surface area contributed by atoms with Crippen molar-refractivity contribution in [2.24, 2.45) is 5.73 Å². The number of hydrogen-bond acceptors (Lipinski definition) is 7. The molecule has 1 aromatic heterocycles. The van der Waals surface area contributed by atoms with E-state index < -0.39 is 37.1 Å². The zero-order valence-corrected chi connectivity index (χ0v) is 9.30. The molecule has 0 bridgehead atoms. The molecule has 0 radical (unpaired) electrons. The van der Waals surface area contributed by atoms with Gasteiger partial charge in [-0.2, -0.15) is 5.10 Å². The van der Waals surface area contributed by atoms with Crippen molar-refractivity contribution < 1.29 is 24.9 Å². The van der Waals surface area contributed by atoms with Gasteiger partial charge in [0.05, 0.1) is 18.5 Å². The van der Waals surface area contributed by atoms with E-state index in [4.69, 9.17) is 21.3 Å². The molecule has 0 aliphatic carbocycles. The van der Waals surface area contributed by atoms with Crippen molar-refractivity contribution in [2.75, 3.05) is 12.3 Å². The number of anilines is 1. The lowest BCUT2D eigenvalue weighted by Gasteiger charge is -2.14. The summed E-state index contributed by atoms with van der Waals surface area (Å²) in [6.07, 6.45) is -3.23. The number of nitrogens with two attached hydrogens (primary N) is 2. The SMILES string of the molecule is NC(=O)c1nn([C@@H]2O[C@H](CO)[C@@H](O)[C@H]2O)cc1N. The number of nitrogen functional groups attached to an aromatic ring is 1. The molecule has 1 amide bonds. The van der Waals surface area contributed by atoms with E-state index in [1.165, 1.54) is 6.20 Å². The van der Waals surface area contributed by atoms with Crippen molar-refractivity contribution >= 4 is 11.6 Å². The lowest BCUT2D eigenvalue weighted by atomic mass is 10.1. The summed E-state index contributed by atoms with van der Waals surface area (Å²) >= 11 is 0. The second-order valence-electron chi connectivity index (χ2n) is 4.01. The van der Waals surface area contributed by atoms with Gasteiger partial charge >= 0.3 is 0 Å². The number of hydrogen-bond donors (Lipinski definition) is 5. The third-order valence-corrected chi connectivity index (χ3v) is 2.77. The normalized spacial score (nSPS) is 31.7. The molecule has 9 heteroatoms. The predicted molar refractivity (Wildman–Crippen MR) is 58.2 cm³/mol. The van der Waals surface area contributed by atoms with Crippen LogP contribution in [0.15, 0.2) is 6.20 Å². The summed E-state index contributed by atoms with van der Waals surface area (Å²) < 4.78 is 6.31. The first kappa shape index (κ1) is 12.8. The van der Waals surface area contributed by atoms with E-state index >= 15 is 0 Å². The number of ether oxygens (including phenoxy) is 1. The van der Waals surface area contributed by atoms with Crippen LogP contribution >= 0.6 is 0 Å². The molecule has 100 valence electrons. The minimum absolute atomic E-state index is 0.0419. The first-order valence-electron chi connectivity index (χ1n) is 5.22. The fourth-order valence-corrected chi connectivity index (χ4v) is 1.83. The van der Waals surface area contributed by atoms with Gasteiger partial charge in [-0.15, -0.1) is 0 Å². The number of aliphatic hydroxyl groups is 3. The smallest absolute Gasteiger partial charge is 0.271 e. The Kier molecular flexibility index (Phi) is 3.22. The van der Waals surface area contributed by atoms with Gasteiger partial charge < -0.3 is 31.5 Å². The Hall–Kier alpha value is -1.68. The molecule has 18 heavy (non-hydrogen) atoms. The summed E-state index contributed by atoms with van der Waals surface area (Å²) in [7, 11) is 0. The van der Waals surface area contributed by atoms with Gasteiger partial charge in [0.2, 0.25) is 0 Å². The third-order valence-electron chi connectivity index (χ3n) is 2.77. The zero-order chi connectivity index (χ0) is 13.4. The lowest BCUT2D eigenvalue weighted by Crippen LogP contribution is -2.33. The summed E-state index contributed by atoms with van der Waals surface area (Å²) in [5, 5.41) is 32.0. The first-order chi connectivity index (χ1) is 8.45. The molecule has 1 fully saturated rings. The van der Waals surface area contributed by atoms with E-state index in [1.54, 1.807) is 0 Å². The minimum Gasteiger partial charge on any atom is -0.396 e. The average molecular weight is 258 g/mol. The summed E-state index contributed by atoms with van der Waals surface area (Å²) in [5.41, 5.74) is 10.5. The van der Waals surface area contributed by atoms with Crippen LogP contribution in [0, 0.1) is 0 Å². The molecule has 1 aromatic rings. The maximum atomic E-state index is 11.0. The molecule has 2 rings (SSSR count). The molecule has 7 N–H and O–H groups in total. The highest BCUT2D eigenvalue weighted by atomic mass is 16.6. The topological polar surface area (TPSA) is 157 Å². The molecule has 0 unspecified atom stereocenters. The molecule has 0 saturated carbocycles. The van der Waals surface area contributed by atoms with Gasteiger partial charge in [-0.05, 0) is 0 Å². The van der Waals surface area contributed by atoms with Gasteiger partial charge in [0.1, 0.15) is 18.3 Å². The largest absolute Gasteiger partial charge is 0.396 e. The molecule has 9 nitrogen and oxygen atoms in total. The average Bonchev–Trinajstić information content (AvgIpc) is 2.82. The van der Waals surface area contributed by atoms with E-state index in [9.17, 15) is 15.0 Å². The van der Waals surface area contributed by atoms with E-state index in [0.29, 0.717) is 0 Å². The van der Waals surface area contributed by atoms with Crippen LogP contribution in [0.3, 0.4) is 0 Å². The number of aliphatic hydroxyl groups excluding tert-OH is 3. The molecule has 2 heterocycles. The standard InChI is InChI=1S/C9H14N4O5/c10-3-1-13(12-5(3)8(11)17)9-7(16)6(15)4(2-14)18-9/h1,4,6-7,9,14-16H,2,10H2,(H2,11,17)/t4-,6-,7-,9-/m1/s1. The highest BCUT2D eigenvalue weighted by Gasteiger charge is 2.44. The zero-order valence-electron chi connectivity index (χ0n) is 9.30. The Bertz CT molecular complexity index is 462. The lowest BCUT2D eigenvalue weighted by molar-refractivity contribution is -0.0586. The Morgan fingerprint density at radius 3 is 2.61 bits per heavy atom. The van der Waals surface area contributed by atoms with Crippen LogP contribution < -0.4 is 11.5 Å². The van der Waals surface area contributed by atoms with Crippen LogP contribution in [0.25, 0.3) is 0 Å². The Labute approximate surface area is 102 Å². The Balaban J connectivity index is 2.27. The van der Waals surface area contributed by atoms with Crippen LogP contribution in [-0.4, -0.2) is 55.9 Å². The van der Waals surface area contributed by atoms with Gasteiger partial charge in [-0.3, -0.25) is 4.79 Å². The number of nitrogens with zero attached hydrogens (tertiary/aromatic N) is 2. The summed E-state index contributed by atoms with van der Waals surface area (Å²) in [6, 6.07) is 0. The summed E-state index contributed by atoms with van der Waals surface area (Å²) in [5.74, 6) is -0.807. The third kappa shape index (κ3) is 1.93. The number of rotatable bonds is 3. The van der Waals surface area contributed by atoms with E-state index in [1.807, 2.05) is 0 Å². The van der Waals surface area contributed by atoms with Gasteiger partial charge in [0.15, 0.2) is 11.9 Å². The quantitative estimate of drug-likeness (QED) is 0.391. The Morgan fingerprint density at radius 1 is 1.50 bits per heavy atom. The van der Waals surface area contributed by atoms with Gasteiger partial charge in [0.25, 0.3) is 5.91 Å². The van der Waals surface area contributed by atoms with Crippen molar-refractivity contribution in [1.82, 2.24) is 9.78 Å². The molecule has 0 spiro atoms. The molecular weight excluding hydrogens is 244 g/mol. The molecule has 4 atom stereocenters. The van der Waals surface area contributed by atoms with Gasteiger partial charge in [-0.1, -0.05) is 0 Å². The van der Waals surface area contributed by atoms with Gasteiger partial charge in [-0.25, -0.2) is 4.68 Å². The van der Waals surface area contributed by atoms with Gasteiger partial charge in [0, 0.05) is 0 Å². The summed E-state index contributed by atoms with van der Waals surface area (Å²) in [6.45, 7) is -0.450. The number of amides is 1. The number of primary amides is 1. The number of carbonyl (C=O) groups is 1. The van der Waals surface area contributed by atoms with Crippen molar-refractivity contribution in [3.05, 3.63) is 11.9 Å². The summed E-state index contributed by atoms with van der Waals surface area (Å²) in [4.78, 5) is 11.0. The van der Waals surface area contributed by atoms with Crippen molar-refractivity contribution in [3.63, 3.8) is 0 Å².